The fourth-order valence-electron chi connectivity index (χ4n) is 3.67. The number of nitrogens with one attached hydrogen (secondary N) is 1. The van der Waals surface area contributed by atoms with Crippen LogP contribution in [0.15, 0.2) is 18.2 Å². The number of carbonyl (C=O) groups excluding carboxylic acids is 1. The molecule has 3 N–H and O–H groups in total. The van der Waals surface area contributed by atoms with Gasteiger partial charge in [0.2, 0.25) is 5.91 Å². The largest absolute Gasteiger partial charge is 0.329 e. The number of anilines is 1. The van der Waals surface area contributed by atoms with Gasteiger partial charge in [-0.2, -0.15) is 0 Å². The summed E-state index contributed by atoms with van der Waals surface area (Å²) in [5.41, 5.74) is 6.84. The number of nitrogens with zero attached hydrogens (tertiary/aromatic N) is 3. The van der Waals surface area contributed by atoms with Crippen molar-refractivity contribution in [1.29, 1.82) is 0 Å². The average molecular weight is 390 g/mol. The van der Waals surface area contributed by atoms with Crippen molar-refractivity contribution in [3.05, 3.63) is 29.0 Å². The molecule has 6 nitrogen and oxygen atoms in total. The standard InChI is InChI=1S/C20H28ClN5O/c1-3-20(4-2,13-22)19(27)23-14-9-10-16(21)15(12-14)18-25-24-17-8-6-5-7-11-26(17)18/h9-10,12H,3-8,11,13,22H2,1-2H3,(H,23,27). The summed E-state index contributed by atoms with van der Waals surface area (Å²) in [4.78, 5) is 12.8. The van der Waals surface area contributed by atoms with E-state index in [1.54, 1.807) is 6.07 Å². The highest BCUT2D eigenvalue weighted by atomic mass is 35.5. The summed E-state index contributed by atoms with van der Waals surface area (Å²) in [5, 5.41) is 12.4. The van der Waals surface area contributed by atoms with Crippen molar-refractivity contribution in [3.8, 4) is 11.4 Å². The van der Waals surface area contributed by atoms with E-state index in [2.05, 4.69) is 20.1 Å². The number of rotatable bonds is 6. The predicted molar refractivity (Wildman–Crippen MR) is 109 cm³/mol. The van der Waals surface area contributed by atoms with Crippen molar-refractivity contribution in [3.63, 3.8) is 0 Å². The number of hydrogen-bond acceptors (Lipinski definition) is 4. The van der Waals surface area contributed by atoms with Crippen molar-refractivity contribution in [1.82, 2.24) is 14.8 Å². The van der Waals surface area contributed by atoms with Gasteiger partial charge in [0, 0.05) is 30.8 Å². The van der Waals surface area contributed by atoms with Gasteiger partial charge < -0.3 is 15.6 Å². The SMILES string of the molecule is CCC(CC)(CN)C(=O)Nc1ccc(Cl)c(-c2nnc3n2CCCCC3)c1. The summed E-state index contributed by atoms with van der Waals surface area (Å²) in [6, 6.07) is 5.50. The number of carbonyl (C=O) groups is 1. The number of halogens is 1. The molecule has 7 heteroatoms. The van der Waals surface area contributed by atoms with Crippen LogP contribution in [0.5, 0.6) is 0 Å². The van der Waals surface area contributed by atoms with Crippen molar-refractivity contribution in [2.45, 2.75) is 58.9 Å². The quantitative estimate of drug-likeness (QED) is 0.780. The van der Waals surface area contributed by atoms with Crippen LogP contribution in [0.1, 0.15) is 51.8 Å². The van der Waals surface area contributed by atoms with Gasteiger partial charge in [0.15, 0.2) is 5.82 Å². The fourth-order valence-corrected chi connectivity index (χ4v) is 3.88. The minimum Gasteiger partial charge on any atom is -0.329 e. The molecule has 2 aromatic rings. The van der Waals surface area contributed by atoms with Gasteiger partial charge in [0.05, 0.1) is 10.4 Å². The fraction of sp³-hybridized carbons (Fsp3) is 0.550. The van der Waals surface area contributed by atoms with Crippen LogP contribution in [0, 0.1) is 5.41 Å². The van der Waals surface area contributed by atoms with Gasteiger partial charge in [0.25, 0.3) is 0 Å². The first-order valence-corrected chi connectivity index (χ1v) is 10.2. The molecule has 0 saturated heterocycles. The highest BCUT2D eigenvalue weighted by Crippen LogP contribution is 2.33. The van der Waals surface area contributed by atoms with Gasteiger partial charge in [-0.3, -0.25) is 4.79 Å². The number of aryl methyl sites for hydroxylation is 1. The van der Waals surface area contributed by atoms with Crippen LogP contribution in [0.25, 0.3) is 11.4 Å². The molecule has 0 fully saturated rings. The Morgan fingerprint density at radius 1 is 1.26 bits per heavy atom. The van der Waals surface area contributed by atoms with Gasteiger partial charge in [0.1, 0.15) is 5.82 Å². The van der Waals surface area contributed by atoms with Crippen LogP contribution < -0.4 is 11.1 Å². The van der Waals surface area contributed by atoms with Crippen molar-refractivity contribution < 1.29 is 4.79 Å². The molecule has 1 aliphatic heterocycles. The van der Waals surface area contributed by atoms with E-state index in [0.717, 1.165) is 43.0 Å². The minimum atomic E-state index is -0.550. The van der Waals surface area contributed by atoms with Gasteiger partial charge in [-0.1, -0.05) is 31.9 Å². The second-order valence-corrected chi connectivity index (χ2v) is 7.65. The van der Waals surface area contributed by atoms with Crippen molar-refractivity contribution in [2.24, 2.45) is 11.1 Å². The zero-order valence-corrected chi connectivity index (χ0v) is 16.9. The lowest BCUT2D eigenvalue weighted by atomic mass is 9.81. The van der Waals surface area contributed by atoms with Gasteiger partial charge >= 0.3 is 0 Å². The molecule has 27 heavy (non-hydrogen) atoms. The molecule has 2 heterocycles. The van der Waals surface area contributed by atoms with Crippen LogP contribution >= 0.6 is 11.6 Å². The third-order valence-electron chi connectivity index (χ3n) is 5.80. The Kier molecular flexibility index (Phi) is 6.17. The Labute approximate surface area is 165 Å². The summed E-state index contributed by atoms with van der Waals surface area (Å²) in [7, 11) is 0. The topological polar surface area (TPSA) is 85.8 Å². The molecule has 0 atom stereocenters. The third-order valence-corrected chi connectivity index (χ3v) is 6.13. The van der Waals surface area contributed by atoms with Crippen LogP contribution in [0.3, 0.4) is 0 Å². The lowest BCUT2D eigenvalue weighted by Gasteiger charge is -2.28. The molecule has 0 saturated carbocycles. The number of amides is 1. The molecule has 0 spiro atoms. The second-order valence-electron chi connectivity index (χ2n) is 7.24. The van der Waals surface area contributed by atoms with Gasteiger partial charge in [-0.15, -0.1) is 10.2 Å². The van der Waals surface area contributed by atoms with E-state index in [0.29, 0.717) is 30.1 Å². The molecule has 0 bridgehead atoms. The minimum absolute atomic E-state index is 0.0525. The van der Waals surface area contributed by atoms with Crippen molar-refractivity contribution >= 4 is 23.2 Å². The Bertz CT molecular complexity index is 804. The Morgan fingerprint density at radius 3 is 2.74 bits per heavy atom. The number of fused-ring (bicyclic) bond motifs is 1. The molecule has 1 aromatic carbocycles. The Morgan fingerprint density at radius 2 is 2.04 bits per heavy atom. The molecule has 0 radical (unpaired) electrons. The van der Waals surface area contributed by atoms with E-state index in [1.165, 1.54) is 6.42 Å². The van der Waals surface area contributed by atoms with E-state index >= 15 is 0 Å². The maximum Gasteiger partial charge on any atom is 0.231 e. The maximum absolute atomic E-state index is 12.8. The number of hydrogen-bond donors (Lipinski definition) is 2. The summed E-state index contributed by atoms with van der Waals surface area (Å²) >= 11 is 6.47. The average Bonchev–Trinajstić information content (AvgIpc) is 2.93. The van der Waals surface area contributed by atoms with E-state index in [1.807, 2.05) is 26.0 Å². The van der Waals surface area contributed by atoms with E-state index in [-0.39, 0.29) is 5.91 Å². The predicted octanol–water partition coefficient (Wildman–Crippen LogP) is 4.03. The monoisotopic (exact) mass is 389 g/mol. The molecule has 146 valence electrons. The van der Waals surface area contributed by atoms with Gasteiger partial charge in [-0.25, -0.2) is 0 Å². The highest BCUT2D eigenvalue weighted by molar-refractivity contribution is 6.33. The van der Waals surface area contributed by atoms with E-state index in [4.69, 9.17) is 17.3 Å². The molecule has 1 amide bonds. The number of aromatic nitrogens is 3. The second kappa shape index (κ2) is 8.40. The van der Waals surface area contributed by atoms with E-state index < -0.39 is 5.41 Å². The zero-order valence-electron chi connectivity index (χ0n) is 16.1. The van der Waals surface area contributed by atoms with Crippen LogP contribution in [-0.2, 0) is 17.8 Å². The molecule has 1 aliphatic rings. The molecular weight excluding hydrogens is 362 g/mol. The normalized spacial score (nSPS) is 14.5. The molecule has 0 unspecified atom stereocenters. The molecular formula is C20H28ClN5O. The summed E-state index contributed by atoms with van der Waals surface area (Å²) in [6.45, 7) is 5.21. The van der Waals surface area contributed by atoms with E-state index in [9.17, 15) is 4.79 Å². The Hall–Kier alpha value is -1.92. The number of benzene rings is 1. The van der Waals surface area contributed by atoms with Crippen LogP contribution in [-0.4, -0.2) is 27.2 Å². The first kappa shape index (κ1) is 19.8. The molecule has 0 aliphatic carbocycles. The summed E-state index contributed by atoms with van der Waals surface area (Å²) < 4.78 is 2.15. The third kappa shape index (κ3) is 3.87. The molecule has 1 aromatic heterocycles. The Balaban J connectivity index is 1.92. The van der Waals surface area contributed by atoms with Crippen LogP contribution in [0.2, 0.25) is 5.02 Å². The maximum atomic E-state index is 12.8. The lowest BCUT2D eigenvalue weighted by molar-refractivity contribution is -0.125. The van der Waals surface area contributed by atoms with Crippen molar-refractivity contribution in [2.75, 3.05) is 11.9 Å². The lowest BCUT2D eigenvalue weighted by Crippen LogP contribution is -2.41. The van der Waals surface area contributed by atoms with Crippen LogP contribution in [0.4, 0.5) is 5.69 Å². The van der Waals surface area contributed by atoms with Gasteiger partial charge in [-0.05, 0) is 43.9 Å². The summed E-state index contributed by atoms with van der Waals surface area (Å²) in [6.07, 6.45) is 5.78. The number of nitrogens with two attached hydrogens (primary N) is 1. The first-order valence-electron chi connectivity index (χ1n) is 9.78. The summed E-state index contributed by atoms with van der Waals surface area (Å²) in [5.74, 6) is 1.72. The smallest absolute Gasteiger partial charge is 0.231 e. The highest BCUT2D eigenvalue weighted by Gasteiger charge is 2.33. The first-order chi connectivity index (χ1) is 13.0. The zero-order chi connectivity index (χ0) is 19.4. The molecule has 3 rings (SSSR count).